The van der Waals surface area contributed by atoms with E-state index in [-0.39, 0.29) is 6.04 Å². The summed E-state index contributed by atoms with van der Waals surface area (Å²) >= 11 is 0. The van der Waals surface area contributed by atoms with Crippen molar-refractivity contribution in [3.05, 3.63) is 39.8 Å². The van der Waals surface area contributed by atoms with Gasteiger partial charge in [0.15, 0.2) is 0 Å². The maximum absolute atomic E-state index is 8.68. The van der Waals surface area contributed by atoms with Gasteiger partial charge in [0.2, 0.25) is 0 Å². The Kier molecular flexibility index (Phi) is 4.09. The largest absolute Gasteiger partial charge is 0.493 e. The highest BCUT2D eigenvalue weighted by atomic mass is 16.5. The van der Waals surface area contributed by atoms with Crippen LogP contribution in [-0.2, 0) is 6.54 Å². The van der Waals surface area contributed by atoms with E-state index in [4.69, 9.17) is 10.3 Å². The Morgan fingerprint density at radius 1 is 1.30 bits per heavy atom. The zero-order chi connectivity index (χ0) is 13.8. The van der Waals surface area contributed by atoms with Crippen molar-refractivity contribution >= 4 is 0 Å². The molecule has 1 atom stereocenters. The van der Waals surface area contributed by atoms with E-state index >= 15 is 0 Å². The molecule has 0 radical (unpaired) electrons. The molecule has 0 saturated carbocycles. The van der Waals surface area contributed by atoms with E-state index in [2.05, 4.69) is 21.0 Å². The molecule has 5 nitrogen and oxygen atoms in total. The average molecular weight is 272 g/mol. The van der Waals surface area contributed by atoms with E-state index in [1.165, 1.54) is 37.9 Å². The first-order valence-corrected chi connectivity index (χ1v) is 7.39. The predicted molar refractivity (Wildman–Crippen MR) is 77.6 cm³/mol. The second kappa shape index (κ2) is 6.16. The number of benzene rings is 1. The number of para-hydroxylation sites is 1. The summed E-state index contributed by atoms with van der Waals surface area (Å²) in [5.74, 6) is 0.946. The van der Waals surface area contributed by atoms with Crippen LogP contribution in [0.3, 0.4) is 0 Å². The quantitative estimate of drug-likeness (QED) is 0.477. The Morgan fingerprint density at radius 2 is 2.15 bits per heavy atom. The summed E-state index contributed by atoms with van der Waals surface area (Å²) in [6, 6.07) is 6.12. The molecule has 2 heterocycles. The minimum atomic E-state index is -0.0787. The highest BCUT2D eigenvalue weighted by molar-refractivity contribution is 5.44. The number of likely N-dealkylation sites (tertiary alicyclic amines) is 1. The van der Waals surface area contributed by atoms with E-state index in [0.717, 1.165) is 24.3 Å². The van der Waals surface area contributed by atoms with Gasteiger partial charge >= 0.3 is 0 Å². The van der Waals surface area contributed by atoms with Crippen LogP contribution < -0.4 is 4.74 Å². The Bertz CT molecular complexity index is 519. The summed E-state index contributed by atoms with van der Waals surface area (Å²) in [7, 11) is 0. The van der Waals surface area contributed by atoms with Gasteiger partial charge in [0.25, 0.3) is 0 Å². The summed E-state index contributed by atoms with van der Waals surface area (Å²) in [5, 5.41) is 3.90. The molecule has 5 heteroatoms. The Balaban J connectivity index is 1.84. The Hall–Kier alpha value is -1.71. The first kappa shape index (κ1) is 13.3. The number of nitrogens with zero attached hydrogens (tertiary/aromatic N) is 4. The maximum atomic E-state index is 8.68. The molecule has 106 valence electrons. The van der Waals surface area contributed by atoms with Crippen molar-refractivity contribution in [2.45, 2.75) is 38.3 Å². The van der Waals surface area contributed by atoms with Crippen molar-refractivity contribution < 1.29 is 4.74 Å². The van der Waals surface area contributed by atoms with Crippen LogP contribution in [0.1, 0.15) is 42.9 Å². The van der Waals surface area contributed by atoms with E-state index in [0.29, 0.717) is 6.61 Å². The van der Waals surface area contributed by atoms with Gasteiger partial charge in [-0.15, -0.1) is 0 Å². The van der Waals surface area contributed by atoms with Crippen LogP contribution >= 0.6 is 0 Å². The predicted octanol–water partition coefficient (Wildman–Crippen LogP) is 3.81. The lowest BCUT2D eigenvalue weighted by Gasteiger charge is -2.29. The van der Waals surface area contributed by atoms with Crippen molar-refractivity contribution in [1.82, 2.24) is 4.90 Å². The lowest BCUT2D eigenvalue weighted by atomic mass is 9.97. The molecular formula is C15H20N4O. The summed E-state index contributed by atoms with van der Waals surface area (Å²) in [6.45, 7) is 3.91. The molecule has 0 amide bonds. The summed E-state index contributed by atoms with van der Waals surface area (Å²) in [4.78, 5) is 5.45. The summed E-state index contributed by atoms with van der Waals surface area (Å²) < 4.78 is 5.86. The van der Waals surface area contributed by atoms with Gasteiger partial charge in [-0.1, -0.05) is 29.7 Å². The fraction of sp³-hybridized carbons (Fsp3) is 0.600. The lowest BCUT2D eigenvalue weighted by molar-refractivity contribution is 0.211. The van der Waals surface area contributed by atoms with E-state index in [9.17, 15) is 0 Å². The summed E-state index contributed by atoms with van der Waals surface area (Å²) in [6.07, 6.45) is 4.69. The average Bonchev–Trinajstić information content (AvgIpc) is 2.50. The second-order valence-corrected chi connectivity index (χ2v) is 5.53. The topological polar surface area (TPSA) is 61.2 Å². The van der Waals surface area contributed by atoms with Crippen molar-refractivity contribution in [2.24, 2.45) is 5.11 Å². The number of piperidine rings is 1. The fourth-order valence-electron chi connectivity index (χ4n) is 3.14. The number of azide groups is 1. The van der Waals surface area contributed by atoms with Crippen LogP contribution in [0.25, 0.3) is 10.4 Å². The normalized spacial score (nSPS) is 22.5. The standard InChI is InChI=1S/C15H20N4O/c16-18-17-14-7-10-20-15-12(5-4-6-13(14)15)11-19-8-2-1-3-9-19/h4-6,14H,1-3,7-11H2. The van der Waals surface area contributed by atoms with Gasteiger partial charge in [-0.2, -0.15) is 0 Å². The molecule has 1 aromatic carbocycles. The number of rotatable bonds is 3. The summed E-state index contributed by atoms with van der Waals surface area (Å²) in [5.41, 5.74) is 11.0. The molecule has 1 saturated heterocycles. The minimum Gasteiger partial charge on any atom is -0.493 e. The Morgan fingerprint density at radius 3 is 2.95 bits per heavy atom. The molecule has 2 aliphatic heterocycles. The number of hydrogen-bond acceptors (Lipinski definition) is 3. The van der Waals surface area contributed by atoms with Crippen molar-refractivity contribution in [3.63, 3.8) is 0 Å². The van der Waals surface area contributed by atoms with Crippen molar-refractivity contribution in [1.29, 1.82) is 0 Å². The van der Waals surface area contributed by atoms with Crippen LogP contribution in [0.5, 0.6) is 5.75 Å². The number of fused-ring (bicyclic) bond motifs is 1. The van der Waals surface area contributed by atoms with Gasteiger partial charge < -0.3 is 4.74 Å². The van der Waals surface area contributed by atoms with E-state index in [1.54, 1.807) is 0 Å². The van der Waals surface area contributed by atoms with Gasteiger partial charge in [-0.05, 0) is 37.9 Å². The van der Waals surface area contributed by atoms with Gasteiger partial charge in [0.1, 0.15) is 5.75 Å². The third-order valence-corrected chi connectivity index (χ3v) is 4.16. The zero-order valence-electron chi connectivity index (χ0n) is 11.7. The van der Waals surface area contributed by atoms with Gasteiger partial charge in [0.05, 0.1) is 12.6 Å². The molecular weight excluding hydrogens is 252 g/mol. The molecule has 1 fully saturated rings. The van der Waals surface area contributed by atoms with Crippen LogP contribution in [0.2, 0.25) is 0 Å². The number of ether oxygens (including phenoxy) is 1. The molecule has 3 rings (SSSR count). The first-order valence-electron chi connectivity index (χ1n) is 7.39. The molecule has 0 aliphatic carbocycles. The minimum absolute atomic E-state index is 0.0787. The van der Waals surface area contributed by atoms with Gasteiger partial charge in [0, 0.05) is 22.6 Å². The van der Waals surface area contributed by atoms with Crippen LogP contribution in [0.15, 0.2) is 23.3 Å². The lowest BCUT2D eigenvalue weighted by Crippen LogP contribution is -2.29. The van der Waals surface area contributed by atoms with Gasteiger partial charge in [-0.25, -0.2) is 0 Å². The van der Waals surface area contributed by atoms with Gasteiger partial charge in [-0.3, -0.25) is 4.90 Å². The van der Waals surface area contributed by atoms with E-state index in [1.807, 2.05) is 12.1 Å². The smallest absolute Gasteiger partial charge is 0.127 e. The highest BCUT2D eigenvalue weighted by Crippen LogP contribution is 2.37. The highest BCUT2D eigenvalue weighted by Gasteiger charge is 2.23. The molecule has 0 bridgehead atoms. The fourth-order valence-corrected chi connectivity index (χ4v) is 3.14. The van der Waals surface area contributed by atoms with Crippen LogP contribution in [0.4, 0.5) is 0 Å². The molecule has 1 unspecified atom stereocenters. The molecule has 1 aromatic rings. The third kappa shape index (κ3) is 2.74. The molecule has 2 aliphatic rings. The zero-order valence-corrected chi connectivity index (χ0v) is 11.7. The number of hydrogen-bond donors (Lipinski definition) is 0. The second-order valence-electron chi connectivity index (χ2n) is 5.53. The third-order valence-electron chi connectivity index (χ3n) is 4.16. The molecule has 0 spiro atoms. The van der Waals surface area contributed by atoms with Crippen LogP contribution in [0, 0.1) is 0 Å². The van der Waals surface area contributed by atoms with Crippen LogP contribution in [-0.4, -0.2) is 24.6 Å². The molecule has 0 N–H and O–H groups in total. The van der Waals surface area contributed by atoms with Crippen molar-refractivity contribution in [2.75, 3.05) is 19.7 Å². The maximum Gasteiger partial charge on any atom is 0.127 e. The monoisotopic (exact) mass is 272 g/mol. The first-order chi connectivity index (χ1) is 9.88. The Labute approximate surface area is 119 Å². The SMILES string of the molecule is [N-]=[N+]=NC1CCOc2c(CN3CCCCC3)cccc21. The van der Waals surface area contributed by atoms with Crippen molar-refractivity contribution in [3.8, 4) is 5.75 Å². The van der Waals surface area contributed by atoms with E-state index < -0.39 is 0 Å². The molecule has 20 heavy (non-hydrogen) atoms. The molecule has 0 aromatic heterocycles.